The van der Waals surface area contributed by atoms with E-state index in [1.165, 1.54) is 0 Å². The van der Waals surface area contributed by atoms with E-state index in [9.17, 15) is 4.79 Å². The standard InChI is InChI=1S/C34H41Cl2N5O2/c1-3-43-22-21-41-32-12-8-7-11-31(32)38-34(41)37-28-16-19-40(20-17-28)18-15-27(26-13-14-29(35)30(36)23-26)24-39(2)33(42)25-9-5-4-6-10-25/h4-14,23,27-28H,3,15-22,24H2,1-2H3,(H,37,38). The molecule has 0 spiro atoms. The number of nitrogens with one attached hydrogen (secondary N) is 1. The summed E-state index contributed by atoms with van der Waals surface area (Å²) in [6, 6.07) is 23.9. The van der Waals surface area contributed by atoms with Gasteiger partial charge < -0.3 is 24.4 Å². The minimum atomic E-state index is 0.0184. The molecule has 0 radical (unpaired) electrons. The number of anilines is 1. The number of piperidine rings is 1. The Kier molecular flexibility index (Phi) is 11.0. The molecule has 0 aliphatic carbocycles. The van der Waals surface area contributed by atoms with Gasteiger partial charge in [0.25, 0.3) is 5.91 Å². The van der Waals surface area contributed by atoms with E-state index in [1.807, 2.05) is 73.5 Å². The molecule has 43 heavy (non-hydrogen) atoms. The lowest BCUT2D eigenvalue weighted by Gasteiger charge is -2.34. The highest BCUT2D eigenvalue weighted by molar-refractivity contribution is 6.42. The highest BCUT2D eigenvalue weighted by Gasteiger charge is 2.24. The first kappa shape index (κ1) is 31.3. The van der Waals surface area contributed by atoms with Crippen molar-refractivity contribution < 1.29 is 9.53 Å². The molecule has 2 heterocycles. The quantitative estimate of drug-likeness (QED) is 0.160. The van der Waals surface area contributed by atoms with E-state index >= 15 is 0 Å². The van der Waals surface area contributed by atoms with Crippen molar-refractivity contribution in [2.45, 2.75) is 44.7 Å². The molecule has 4 aromatic rings. The molecule has 1 N–H and O–H groups in total. The summed E-state index contributed by atoms with van der Waals surface area (Å²) in [5, 5.41) is 4.82. The van der Waals surface area contributed by atoms with Crippen LogP contribution in [0.2, 0.25) is 10.0 Å². The first-order valence-electron chi connectivity index (χ1n) is 15.2. The van der Waals surface area contributed by atoms with Crippen LogP contribution >= 0.6 is 23.2 Å². The van der Waals surface area contributed by atoms with E-state index in [2.05, 4.69) is 33.0 Å². The lowest BCUT2D eigenvalue weighted by molar-refractivity contribution is 0.0782. The number of halogens is 2. The Morgan fingerprint density at radius 3 is 2.51 bits per heavy atom. The second-order valence-corrected chi connectivity index (χ2v) is 12.1. The average molecular weight is 623 g/mol. The summed E-state index contributed by atoms with van der Waals surface area (Å²) in [4.78, 5) is 22.4. The smallest absolute Gasteiger partial charge is 0.253 e. The van der Waals surface area contributed by atoms with Gasteiger partial charge in [-0.1, -0.05) is 59.6 Å². The number of hydrogen-bond acceptors (Lipinski definition) is 5. The molecule has 3 aromatic carbocycles. The van der Waals surface area contributed by atoms with Crippen LogP contribution in [0, 0.1) is 0 Å². The Bertz CT molecular complexity index is 1490. The number of ether oxygens (including phenoxy) is 1. The van der Waals surface area contributed by atoms with Crippen LogP contribution in [-0.4, -0.2) is 77.7 Å². The minimum absolute atomic E-state index is 0.0184. The normalized spacial score (nSPS) is 15.1. The van der Waals surface area contributed by atoms with Crippen molar-refractivity contribution >= 4 is 46.1 Å². The zero-order valence-electron chi connectivity index (χ0n) is 25.0. The maximum absolute atomic E-state index is 13.1. The van der Waals surface area contributed by atoms with Crippen molar-refractivity contribution in [3.05, 3.63) is 94.0 Å². The number of rotatable bonds is 13. The average Bonchev–Trinajstić information content (AvgIpc) is 3.38. The van der Waals surface area contributed by atoms with Gasteiger partial charge in [0.1, 0.15) is 0 Å². The van der Waals surface area contributed by atoms with Gasteiger partial charge in [0.05, 0.1) is 27.7 Å². The summed E-state index contributed by atoms with van der Waals surface area (Å²) < 4.78 is 7.89. The van der Waals surface area contributed by atoms with Gasteiger partial charge in [0.2, 0.25) is 5.95 Å². The molecular weight excluding hydrogens is 581 g/mol. The molecule has 1 aliphatic heterocycles. The lowest BCUT2D eigenvalue weighted by atomic mass is 9.94. The third-order valence-electron chi connectivity index (χ3n) is 8.31. The number of hydrogen-bond donors (Lipinski definition) is 1. The topological polar surface area (TPSA) is 62.6 Å². The number of imidazole rings is 1. The first-order chi connectivity index (χ1) is 20.9. The van der Waals surface area contributed by atoms with E-state index in [1.54, 1.807) is 0 Å². The van der Waals surface area contributed by atoms with Gasteiger partial charge in [-0.3, -0.25) is 4.79 Å². The molecule has 9 heteroatoms. The van der Waals surface area contributed by atoms with Crippen LogP contribution in [0.25, 0.3) is 11.0 Å². The summed E-state index contributed by atoms with van der Waals surface area (Å²) in [5.74, 6) is 1.07. The predicted octanol–water partition coefficient (Wildman–Crippen LogP) is 7.20. The van der Waals surface area contributed by atoms with Crippen molar-refractivity contribution in [2.24, 2.45) is 0 Å². The fraction of sp³-hybridized carbons (Fsp3) is 0.412. The Labute approximate surface area is 264 Å². The minimum Gasteiger partial charge on any atom is -0.380 e. The van der Waals surface area contributed by atoms with E-state index < -0.39 is 0 Å². The summed E-state index contributed by atoms with van der Waals surface area (Å²) in [7, 11) is 1.87. The number of nitrogens with zero attached hydrogens (tertiary/aromatic N) is 4. The molecule has 5 rings (SSSR count). The first-order valence-corrected chi connectivity index (χ1v) is 16.0. The summed E-state index contributed by atoms with van der Waals surface area (Å²) in [5.41, 5.74) is 3.93. The SMILES string of the molecule is CCOCCn1c(NC2CCN(CCC(CN(C)C(=O)c3ccccc3)c3ccc(Cl)c(Cl)c3)CC2)nc2ccccc21. The maximum atomic E-state index is 13.1. The molecule has 1 aliphatic rings. The number of para-hydroxylation sites is 2. The van der Waals surface area contributed by atoms with Gasteiger partial charge in [-0.05, 0) is 74.7 Å². The summed E-state index contributed by atoms with van der Waals surface area (Å²) in [6.45, 7) is 7.71. The molecule has 228 valence electrons. The highest BCUT2D eigenvalue weighted by Crippen LogP contribution is 2.30. The van der Waals surface area contributed by atoms with Gasteiger partial charge in [-0.15, -0.1) is 0 Å². The third-order valence-corrected chi connectivity index (χ3v) is 9.05. The van der Waals surface area contributed by atoms with Gasteiger partial charge >= 0.3 is 0 Å². The van der Waals surface area contributed by atoms with Gasteiger partial charge in [0.15, 0.2) is 0 Å². The Hall–Kier alpha value is -3.10. The van der Waals surface area contributed by atoms with Gasteiger partial charge in [-0.2, -0.15) is 0 Å². The van der Waals surface area contributed by atoms with Crippen molar-refractivity contribution in [3.8, 4) is 0 Å². The van der Waals surface area contributed by atoms with E-state index in [0.717, 1.165) is 68.0 Å². The number of benzene rings is 3. The van der Waals surface area contributed by atoms with E-state index in [-0.39, 0.29) is 11.8 Å². The second-order valence-electron chi connectivity index (χ2n) is 11.2. The fourth-order valence-corrected chi connectivity index (χ4v) is 6.18. The molecular formula is C34H41Cl2N5O2. The van der Waals surface area contributed by atoms with Gasteiger partial charge in [0, 0.05) is 57.4 Å². The lowest BCUT2D eigenvalue weighted by Crippen LogP contribution is -2.40. The number of carbonyl (C=O) groups is 1. The number of likely N-dealkylation sites (N-methyl/N-ethyl adjacent to an activating group) is 1. The molecule has 1 fully saturated rings. The van der Waals surface area contributed by atoms with Crippen molar-refractivity contribution in [1.82, 2.24) is 19.4 Å². The number of carbonyl (C=O) groups excluding carboxylic acids is 1. The molecule has 1 aromatic heterocycles. The second kappa shape index (κ2) is 15.1. The van der Waals surface area contributed by atoms with Crippen LogP contribution in [0.1, 0.15) is 48.0 Å². The Morgan fingerprint density at radius 1 is 1.02 bits per heavy atom. The fourth-order valence-electron chi connectivity index (χ4n) is 5.88. The molecule has 1 atom stereocenters. The van der Waals surface area contributed by atoms with Gasteiger partial charge in [-0.25, -0.2) is 4.98 Å². The monoisotopic (exact) mass is 621 g/mol. The summed E-state index contributed by atoms with van der Waals surface area (Å²) in [6.07, 6.45) is 2.99. The van der Waals surface area contributed by atoms with E-state index in [0.29, 0.717) is 41.4 Å². The van der Waals surface area contributed by atoms with Crippen LogP contribution in [0.4, 0.5) is 5.95 Å². The molecule has 7 nitrogen and oxygen atoms in total. The zero-order valence-corrected chi connectivity index (χ0v) is 26.5. The molecule has 1 saturated heterocycles. The van der Waals surface area contributed by atoms with E-state index in [4.69, 9.17) is 32.9 Å². The van der Waals surface area contributed by atoms with Crippen LogP contribution < -0.4 is 5.32 Å². The third kappa shape index (κ3) is 8.09. The largest absolute Gasteiger partial charge is 0.380 e. The summed E-state index contributed by atoms with van der Waals surface area (Å²) >= 11 is 12.6. The zero-order chi connectivity index (χ0) is 30.2. The number of aromatic nitrogens is 2. The number of amides is 1. The van der Waals surface area contributed by atoms with Crippen LogP contribution in [0.5, 0.6) is 0 Å². The van der Waals surface area contributed by atoms with Crippen molar-refractivity contribution in [3.63, 3.8) is 0 Å². The molecule has 1 amide bonds. The molecule has 0 bridgehead atoms. The Morgan fingerprint density at radius 2 is 1.77 bits per heavy atom. The Balaban J connectivity index is 1.20. The van der Waals surface area contributed by atoms with Crippen LogP contribution in [-0.2, 0) is 11.3 Å². The molecule has 1 unspecified atom stereocenters. The van der Waals surface area contributed by atoms with Crippen LogP contribution in [0.3, 0.4) is 0 Å². The maximum Gasteiger partial charge on any atom is 0.253 e. The van der Waals surface area contributed by atoms with Crippen molar-refractivity contribution in [2.75, 3.05) is 51.8 Å². The predicted molar refractivity (Wildman–Crippen MR) is 177 cm³/mol. The number of fused-ring (bicyclic) bond motifs is 1. The van der Waals surface area contributed by atoms with Crippen molar-refractivity contribution in [1.29, 1.82) is 0 Å². The highest BCUT2D eigenvalue weighted by atomic mass is 35.5. The van der Waals surface area contributed by atoms with Crippen LogP contribution in [0.15, 0.2) is 72.8 Å². The number of likely N-dealkylation sites (tertiary alicyclic amines) is 1. The molecule has 0 saturated carbocycles.